The Morgan fingerprint density at radius 1 is 1.25 bits per heavy atom. The van der Waals surface area contributed by atoms with Crippen molar-refractivity contribution in [2.24, 2.45) is 4.99 Å². The van der Waals surface area contributed by atoms with Crippen molar-refractivity contribution in [3.8, 4) is 0 Å². The molecule has 0 aliphatic carbocycles. The van der Waals surface area contributed by atoms with Crippen molar-refractivity contribution in [3.05, 3.63) is 53.0 Å². The van der Waals surface area contributed by atoms with E-state index in [4.69, 9.17) is 0 Å². The van der Waals surface area contributed by atoms with Gasteiger partial charge in [0, 0.05) is 24.2 Å². The van der Waals surface area contributed by atoms with Crippen molar-refractivity contribution in [1.29, 1.82) is 0 Å². The van der Waals surface area contributed by atoms with Crippen LogP contribution in [0.15, 0.2) is 52.4 Å². The Morgan fingerprint density at radius 3 is 2.93 bits per heavy atom. The van der Waals surface area contributed by atoms with E-state index in [2.05, 4.69) is 20.0 Å². The highest BCUT2D eigenvalue weighted by Gasteiger charge is 2.29. The van der Waals surface area contributed by atoms with E-state index in [-0.39, 0.29) is 10.8 Å². The number of amides is 1. The minimum atomic E-state index is -3.53. The fourth-order valence-corrected chi connectivity index (χ4v) is 5.14. The van der Waals surface area contributed by atoms with Crippen LogP contribution in [0.25, 0.3) is 10.2 Å². The number of aromatic nitrogens is 1. The normalized spacial score (nSPS) is 16.1. The van der Waals surface area contributed by atoms with Gasteiger partial charge in [0.2, 0.25) is 5.91 Å². The van der Waals surface area contributed by atoms with Gasteiger partial charge >= 0.3 is 0 Å². The predicted molar refractivity (Wildman–Crippen MR) is 110 cm³/mol. The lowest BCUT2D eigenvalue weighted by Gasteiger charge is -2.04. The number of hydrogen-bond donors (Lipinski definition) is 2. The quantitative estimate of drug-likeness (QED) is 0.627. The van der Waals surface area contributed by atoms with Gasteiger partial charge in [0.15, 0.2) is 0 Å². The molecule has 4 rings (SSSR count). The average molecular weight is 415 g/mol. The lowest BCUT2D eigenvalue weighted by atomic mass is 10.2. The summed E-state index contributed by atoms with van der Waals surface area (Å²) in [5, 5.41) is 3.87. The molecule has 1 amide bonds. The zero-order valence-corrected chi connectivity index (χ0v) is 16.7. The lowest BCUT2D eigenvalue weighted by molar-refractivity contribution is -0.116. The first-order valence-electron chi connectivity index (χ1n) is 8.76. The topological polar surface area (TPSA) is 101 Å². The molecule has 3 aromatic rings. The SMILES string of the molecule is Cc1nc2ccc(NC(=O)CCCN=C3NS(=O)(=O)c4ccccc43)cc2s1. The number of aryl methyl sites for hydroxylation is 1. The second kappa shape index (κ2) is 7.33. The summed E-state index contributed by atoms with van der Waals surface area (Å²) >= 11 is 1.59. The molecule has 0 radical (unpaired) electrons. The third-order valence-electron chi connectivity index (χ3n) is 4.27. The first-order chi connectivity index (χ1) is 13.4. The van der Waals surface area contributed by atoms with Crippen LogP contribution >= 0.6 is 11.3 Å². The Labute approximate surface area is 166 Å². The number of hydrogen-bond acceptors (Lipinski definition) is 6. The van der Waals surface area contributed by atoms with Crippen LogP contribution in [0, 0.1) is 6.92 Å². The average Bonchev–Trinajstić information content (AvgIpc) is 3.15. The van der Waals surface area contributed by atoms with Crippen molar-refractivity contribution in [3.63, 3.8) is 0 Å². The standard InChI is InChI=1S/C19H18N4O3S2/c1-12-21-15-9-8-13(11-16(15)27-12)22-18(24)7-4-10-20-19-14-5-2-3-6-17(14)28(25,26)23-19/h2-3,5-6,8-9,11H,4,7,10H2,1H3,(H,20,23)(H,22,24). The van der Waals surface area contributed by atoms with Crippen LogP contribution in [0.4, 0.5) is 5.69 Å². The fourth-order valence-electron chi connectivity index (χ4n) is 3.02. The minimum Gasteiger partial charge on any atom is -0.326 e. The third-order valence-corrected chi connectivity index (χ3v) is 6.60. The molecular weight excluding hydrogens is 396 g/mol. The van der Waals surface area contributed by atoms with Gasteiger partial charge in [0.05, 0.1) is 20.1 Å². The number of carbonyl (C=O) groups excluding carboxylic acids is 1. The molecule has 0 fully saturated rings. The van der Waals surface area contributed by atoms with Crippen LogP contribution in [0.1, 0.15) is 23.4 Å². The smallest absolute Gasteiger partial charge is 0.263 e. The van der Waals surface area contributed by atoms with Crippen LogP contribution in [-0.2, 0) is 14.8 Å². The summed E-state index contributed by atoms with van der Waals surface area (Å²) in [4.78, 5) is 21.1. The second-order valence-electron chi connectivity index (χ2n) is 6.40. The summed E-state index contributed by atoms with van der Waals surface area (Å²) in [6.45, 7) is 2.31. The van der Waals surface area contributed by atoms with E-state index in [9.17, 15) is 13.2 Å². The predicted octanol–water partition coefficient (Wildman–Crippen LogP) is 3.06. The maximum atomic E-state index is 12.2. The van der Waals surface area contributed by atoms with Gasteiger partial charge in [-0.25, -0.2) is 13.4 Å². The number of benzene rings is 2. The van der Waals surface area contributed by atoms with Crippen LogP contribution in [0.5, 0.6) is 0 Å². The van der Waals surface area contributed by atoms with Gasteiger partial charge in [-0.2, -0.15) is 0 Å². The van der Waals surface area contributed by atoms with Crippen LogP contribution in [-0.4, -0.2) is 31.7 Å². The highest BCUT2D eigenvalue weighted by Crippen LogP contribution is 2.25. The summed E-state index contributed by atoms with van der Waals surface area (Å²) in [7, 11) is -3.53. The molecule has 28 heavy (non-hydrogen) atoms. The molecule has 7 nitrogen and oxygen atoms in total. The summed E-state index contributed by atoms with van der Waals surface area (Å²) in [6, 6.07) is 12.4. The molecule has 0 spiro atoms. The Morgan fingerprint density at radius 2 is 2.07 bits per heavy atom. The number of nitrogens with one attached hydrogen (secondary N) is 2. The summed E-state index contributed by atoms with van der Waals surface area (Å²) < 4.78 is 27.6. The molecule has 144 valence electrons. The van der Waals surface area contributed by atoms with Gasteiger partial charge in [0.1, 0.15) is 5.84 Å². The number of amidine groups is 1. The van der Waals surface area contributed by atoms with Gasteiger partial charge in [-0.3, -0.25) is 14.5 Å². The number of carbonyl (C=O) groups is 1. The molecule has 0 bridgehead atoms. The molecule has 0 atom stereocenters. The number of fused-ring (bicyclic) bond motifs is 2. The first kappa shape index (κ1) is 18.6. The number of anilines is 1. The number of rotatable bonds is 5. The van der Waals surface area contributed by atoms with E-state index in [1.807, 2.05) is 25.1 Å². The molecule has 1 aromatic heterocycles. The van der Waals surface area contributed by atoms with E-state index in [0.717, 1.165) is 20.9 Å². The monoisotopic (exact) mass is 414 g/mol. The van der Waals surface area contributed by atoms with Gasteiger partial charge < -0.3 is 5.32 Å². The van der Waals surface area contributed by atoms with E-state index < -0.39 is 10.0 Å². The van der Waals surface area contributed by atoms with E-state index in [1.54, 1.807) is 35.6 Å². The van der Waals surface area contributed by atoms with Crippen molar-refractivity contribution in [2.75, 3.05) is 11.9 Å². The van der Waals surface area contributed by atoms with Crippen molar-refractivity contribution in [2.45, 2.75) is 24.7 Å². The van der Waals surface area contributed by atoms with Gasteiger partial charge in [-0.15, -0.1) is 11.3 Å². The number of aliphatic imine (C=N–C) groups is 1. The van der Waals surface area contributed by atoms with Crippen molar-refractivity contribution in [1.82, 2.24) is 9.71 Å². The second-order valence-corrected chi connectivity index (χ2v) is 9.28. The van der Waals surface area contributed by atoms with Crippen molar-refractivity contribution < 1.29 is 13.2 Å². The van der Waals surface area contributed by atoms with Crippen molar-refractivity contribution >= 4 is 49.0 Å². The van der Waals surface area contributed by atoms with E-state index >= 15 is 0 Å². The lowest BCUT2D eigenvalue weighted by Crippen LogP contribution is -2.22. The molecule has 2 N–H and O–H groups in total. The summed E-state index contributed by atoms with van der Waals surface area (Å²) in [6.07, 6.45) is 0.812. The molecule has 2 heterocycles. The maximum Gasteiger partial charge on any atom is 0.263 e. The van der Waals surface area contributed by atoms with Crippen LogP contribution in [0.2, 0.25) is 0 Å². The minimum absolute atomic E-state index is 0.104. The largest absolute Gasteiger partial charge is 0.326 e. The number of thiazole rings is 1. The Kier molecular flexibility index (Phi) is 4.86. The maximum absolute atomic E-state index is 12.2. The fraction of sp³-hybridized carbons (Fsp3) is 0.211. The van der Waals surface area contributed by atoms with Crippen LogP contribution in [0.3, 0.4) is 0 Å². The molecule has 1 aliphatic heterocycles. The van der Waals surface area contributed by atoms with E-state index in [0.29, 0.717) is 30.8 Å². The summed E-state index contributed by atoms with van der Waals surface area (Å²) in [5.74, 6) is 0.232. The van der Waals surface area contributed by atoms with Gasteiger partial charge in [0.25, 0.3) is 10.0 Å². The number of nitrogens with zero attached hydrogens (tertiary/aromatic N) is 2. The number of sulfonamides is 1. The van der Waals surface area contributed by atoms with E-state index in [1.165, 1.54) is 0 Å². The molecule has 2 aromatic carbocycles. The highest BCUT2D eigenvalue weighted by atomic mass is 32.2. The van der Waals surface area contributed by atoms with Gasteiger partial charge in [-0.1, -0.05) is 12.1 Å². The van der Waals surface area contributed by atoms with Gasteiger partial charge in [-0.05, 0) is 43.7 Å². The Hall–Kier alpha value is -2.78. The Bertz CT molecular complexity index is 1200. The molecule has 0 unspecified atom stereocenters. The Balaban J connectivity index is 1.34. The third kappa shape index (κ3) is 3.76. The highest BCUT2D eigenvalue weighted by molar-refractivity contribution is 7.90. The first-order valence-corrected chi connectivity index (χ1v) is 11.1. The zero-order chi connectivity index (χ0) is 19.7. The summed E-state index contributed by atoms with van der Waals surface area (Å²) in [5.41, 5.74) is 2.24. The zero-order valence-electron chi connectivity index (χ0n) is 15.1. The molecular formula is C19H18N4O3S2. The molecule has 1 aliphatic rings. The molecule has 9 heteroatoms. The molecule has 0 saturated carbocycles. The molecule has 0 saturated heterocycles. The van der Waals surface area contributed by atoms with Crippen LogP contribution < -0.4 is 10.0 Å².